The largest absolute Gasteiger partial charge is 0.416 e. The molecule has 0 spiro atoms. The van der Waals surface area contributed by atoms with Crippen LogP contribution in [0.15, 0.2) is 34.9 Å². The number of aromatic nitrogens is 1. The number of benzene rings is 1. The summed E-state index contributed by atoms with van der Waals surface area (Å²) in [6, 6.07) is 6.65. The second kappa shape index (κ2) is 7.90. The first kappa shape index (κ1) is 18.4. The Labute approximate surface area is 148 Å². The van der Waals surface area contributed by atoms with Crippen molar-refractivity contribution in [3.8, 4) is 0 Å². The molecule has 26 heavy (non-hydrogen) atoms. The molecular weight excluding hydrogens is 349 g/mol. The summed E-state index contributed by atoms with van der Waals surface area (Å²) >= 11 is 0. The summed E-state index contributed by atoms with van der Waals surface area (Å²) in [6.45, 7) is 1.95. The van der Waals surface area contributed by atoms with Gasteiger partial charge in [-0.3, -0.25) is 4.79 Å². The van der Waals surface area contributed by atoms with Gasteiger partial charge in [0, 0.05) is 31.6 Å². The van der Waals surface area contributed by atoms with Crippen molar-refractivity contribution < 1.29 is 27.2 Å². The molecule has 1 fully saturated rings. The maximum Gasteiger partial charge on any atom is 0.416 e. The second-order valence-corrected chi connectivity index (χ2v) is 6.37. The zero-order chi connectivity index (χ0) is 18.6. The van der Waals surface area contributed by atoms with Gasteiger partial charge >= 0.3 is 6.18 Å². The van der Waals surface area contributed by atoms with Gasteiger partial charge in [-0.25, -0.2) is 0 Å². The molecule has 0 saturated carbocycles. The highest BCUT2D eigenvalue weighted by Crippen LogP contribution is 2.30. The van der Waals surface area contributed by atoms with Crippen molar-refractivity contribution in [1.29, 1.82) is 0 Å². The van der Waals surface area contributed by atoms with Gasteiger partial charge in [-0.1, -0.05) is 23.4 Å². The van der Waals surface area contributed by atoms with Gasteiger partial charge in [0.25, 0.3) is 0 Å². The molecule has 140 valence electrons. The SMILES string of the molecule is O=C(Cc1cc(Cc2cccc(C(F)(F)F)c2)on1)NCC1CCOC1. The van der Waals surface area contributed by atoms with Gasteiger partial charge in [0.05, 0.1) is 24.3 Å². The molecular formula is C18H19F3N2O3. The Kier molecular flexibility index (Phi) is 5.61. The van der Waals surface area contributed by atoms with E-state index in [1.807, 2.05) is 0 Å². The van der Waals surface area contributed by atoms with E-state index in [1.165, 1.54) is 6.07 Å². The molecule has 1 N–H and O–H groups in total. The second-order valence-electron chi connectivity index (χ2n) is 6.37. The maximum atomic E-state index is 12.8. The molecule has 2 heterocycles. The number of carbonyl (C=O) groups excluding carboxylic acids is 1. The molecule has 1 unspecified atom stereocenters. The van der Waals surface area contributed by atoms with Gasteiger partial charge in [-0.05, 0) is 18.1 Å². The fraction of sp³-hybridized carbons (Fsp3) is 0.444. The number of hydrogen-bond donors (Lipinski definition) is 1. The monoisotopic (exact) mass is 368 g/mol. The topological polar surface area (TPSA) is 64.4 Å². The van der Waals surface area contributed by atoms with E-state index in [9.17, 15) is 18.0 Å². The summed E-state index contributed by atoms with van der Waals surface area (Å²) in [5.41, 5.74) is 0.213. The van der Waals surface area contributed by atoms with E-state index < -0.39 is 11.7 Å². The van der Waals surface area contributed by atoms with Crippen LogP contribution in [-0.2, 0) is 28.5 Å². The molecule has 1 aromatic heterocycles. The molecule has 1 atom stereocenters. The number of halogens is 3. The first-order valence-corrected chi connectivity index (χ1v) is 8.35. The molecule has 1 aliphatic rings. The van der Waals surface area contributed by atoms with Crippen LogP contribution in [0, 0.1) is 5.92 Å². The number of rotatable bonds is 6. The Morgan fingerprint density at radius 3 is 2.88 bits per heavy atom. The molecule has 0 bridgehead atoms. The van der Waals surface area contributed by atoms with Crippen LogP contribution in [0.4, 0.5) is 13.2 Å². The van der Waals surface area contributed by atoms with E-state index in [-0.39, 0.29) is 18.7 Å². The lowest BCUT2D eigenvalue weighted by molar-refractivity contribution is -0.137. The van der Waals surface area contributed by atoms with E-state index in [1.54, 1.807) is 12.1 Å². The summed E-state index contributed by atoms with van der Waals surface area (Å²) in [5.74, 6) is 0.583. The predicted molar refractivity (Wildman–Crippen MR) is 86.4 cm³/mol. The fourth-order valence-corrected chi connectivity index (χ4v) is 2.81. The van der Waals surface area contributed by atoms with Crippen LogP contribution in [0.1, 0.15) is 29.0 Å². The van der Waals surface area contributed by atoms with E-state index in [0.717, 1.165) is 25.2 Å². The number of amides is 1. The van der Waals surface area contributed by atoms with Gasteiger partial charge in [0.1, 0.15) is 5.76 Å². The van der Waals surface area contributed by atoms with E-state index in [4.69, 9.17) is 9.26 Å². The lowest BCUT2D eigenvalue weighted by Crippen LogP contribution is -2.30. The van der Waals surface area contributed by atoms with Crippen LogP contribution >= 0.6 is 0 Å². The van der Waals surface area contributed by atoms with Gasteiger partial charge in [0.2, 0.25) is 5.91 Å². The lowest BCUT2D eigenvalue weighted by atomic mass is 10.1. The van der Waals surface area contributed by atoms with Crippen molar-refractivity contribution in [1.82, 2.24) is 10.5 Å². The van der Waals surface area contributed by atoms with E-state index in [2.05, 4.69) is 10.5 Å². The third-order valence-corrected chi connectivity index (χ3v) is 4.19. The number of nitrogens with one attached hydrogen (secondary N) is 1. The highest BCUT2D eigenvalue weighted by Gasteiger charge is 2.30. The van der Waals surface area contributed by atoms with Crippen molar-refractivity contribution in [2.45, 2.75) is 25.4 Å². The molecule has 3 rings (SSSR count). The van der Waals surface area contributed by atoms with Crippen LogP contribution in [0.2, 0.25) is 0 Å². The molecule has 5 nitrogen and oxygen atoms in total. The maximum absolute atomic E-state index is 12.8. The summed E-state index contributed by atoms with van der Waals surface area (Å²) in [4.78, 5) is 11.9. The first-order chi connectivity index (χ1) is 12.4. The van der Waals surface area contributed by atoms with Crippen LogP contribution in [0.25, 0.3) is 0 Å². The molecule has 2 aromatic rings. The Morgan fingerprint density at radius 1 is 1.31 bits per heavy atom. The number of ether oxygens (including phenoxy) is 1. The first-order valence-electron chi connectivity index (χ1n) is 8.35. The van der Waals surface area contributed by atoms with Crippen LogP contribution in [-0.4, -0.2) is 30.8 Å². The van der Waals surface area contributed by atoms with Gasteiger partial charge in [-0.15, -0.1) is 0 Å². The summed E-state index contributed by atoms with van der Waals surface area (Å²) in [6.07, 6.45) is -3.20. The molecule has 1 aromatic carbocycles. The van der Waals surface area contributed by atoms with Crippen molar-refractivity contribution in [2.24, 2.45) is 5.92 Å². The van der Waals surface area contributed by atoms with Crippen molar-refractivity contribution in [3.63, 3.8) is 0 Å². The van der Waals surface area contributed by atoms with Crippen LogP contribution < -0.4 is 5.32 Å². The fourth-order valence-electron chi connectivity index (χ4n) is 2.81. The minimum atomic E-state index is -4.38. The molecule has 1 amide bonds. The summed E-state index contributed by atoms with van der Waals surface area (Å²) in [7, 11) is 0. The standard InChI is InChI=1S/C18H19F3N2O3/c19-18(20,21)14-3-1-2-12(6-14)7-16-8-15(23-26-16)9-17(24)22-10-13-4-5-25-11-13/h1-3,6,8,13H,4-5,7,9-11H2,(H,22,24). The molecule has 8 heteroatoms. The number of nitrogens with zero attached hydrogens (tertiary/aromatic N) is 1. The number of alkyl halides is 3. The molecule has 1 aliphatic heterocycles. The summed E-state index contributed by atoms with van der Waals surface area (Å²) in [5, 5.41) is 6.65. The van der Waals surface area contributed by atoms with Gasteiger partial charge in [-0.2, -0.15) is 13.2 Å². The van der Waals surface area contributed by atoms with Crippen molar-refractivity contribution in [3.05, 3.63) is 52.9 Å². The smallest absolute Gasteiger partial charge is 0.381 e. The van der Waals surface area contributed by atoms with Crippen molar-refractivity contribution in [2.75, 3.05) is 19.8 Å². The molecule has 0 radical (unpaired) electrons. The zero-order valence-electron chi connectivity index (χ0n) is 14.0. The number of hydrogen-bond acceptors (Lipinski definition) is 4. The Bertz CT molecular complexity index is 752. The highest BCUT2D eigenvalue weighted by molar-refractivity contribution is 5.78. The van der Waals surface area contributed by atoms with Crippen LogP contribution in [0.3, 0.4) is 0 Å². The zero-order valence-corrected chi connectivity index (χ0v) is 14.0. The third kappa shape index (κ3) is 5.08. The van der Waals surface area contributed by atoms with E-state index in [0.29, 0.717) is 36.1 Å². The minimum absolute atomic E-state index is 0.0691. The quantitative estimate of drug-likeness (QED) is 0.851. The van der Waals surface area contributed by atoms with Gasteiger partial charge in [0.15, 0.2) is 0 Å². The van der Waals surface area contributed by atoms with Crippen LogP contribution in [0.5, 0.6) is 0 Å². The number of carbonyl (C=O) groups is 1. The van der Waals surface area contributed by atoms with Crippen molar-refractivity contribution >= 4 is 5.91 Å². The summed E-state index contributed by atoms with van der Waals surface area (Å²) < 4.78 is 48.6. The molecule has 0 aliphatic carbocycles. The lowest BCUT2D eigenvalue weighted by Gasteiger charge is -2.08. The average Bonchev–Trinajstić information content (AvgIpc) is 3.24. The predicted octanol–water partition coefficient (Wildman–Crippen LogP) is 2.98. The minimum Gasteiger partial charge on any atom is -0.381 e. The Hall–Kier alpha value is -2.35. The highest BCUT2D eigenvalue weighted by atomic mass is 19.4. The van der Waals surface area contributed by atoms with E-state index >= 15 is 0 Å². The van der Waals surface area contributed by atoms with Gasteiger partial charge < -0.3 is 14.6 Å². The third-order valence-electron chi connectivity index (χ3n) is 4.19. The average molecular weight is 368 g/mol. The Morgan fingerprint density at radius 2 is 2.15 bits per heavy atom. The Balaban J connectivity index is 1.53. The molecule has 1 saturated heterocycles. The normalized spacial score (nSPS) is 17.4.